The largest absolute Gasteiger partial charge is 0.422 e. The summed E-state index contributed by atoms with van der Waals surface area (Å²) in [5.74, 6) is -0.0870. The highest BCUT2D eigenvalue weighted by Gasteiger charge is 2.17. The van der Waals surface area contributed by atoms with E-state index in [4.69, 9.17) is 27.9 Å². The van der Waals surface area contributed by atoms with Crippen LogP contribution in [0, 0.1) is 0 Å². The van der Waals surface area contributed by atoms with E-state index in [1.54, 1.807) is 24.3 Å². The van der Waals surface area contributed by atoms with Crippen LogP contribution in [0.5, 0.6) is 5.75 Å². The first-order valence-corrected chi connectivity index (χ1v) is 7.06. The second-order valence-electron chi connectivity index (χ2n) is 4.46. The first kappa shape index (κ1) is 13.9. The summed E-state index contributed by atoms with van der Waals surface area (Å²) in [7, 11) is 0. The van der Waals surface area contributed by atoms with Crippen molar-refractivity contribution < 1.29 is 9.53 Å². The number of ether oxygens (including phenoxy) is 1. The molecule has 0 aliphatic heterocycles. The third kappa shape index (κ3) is 2.73. The van der Waals surface area contributed by atoms with Crippen LogP contribution in [0.3, 0.4) is 0 Å². The summed E-state index contributed by atoms with van der Waals surface area (Å²) in [5, 5.41) is 2.39. The normalized spacial score (nSPS) is 10.6. The van der Waals surface area contributed by atoms with Crippen molar-refractivity contribution in [2.45, 2.75) is 0 Å². The molecule has 0 spiro atoms. The van der Waals surface area contributed by atoms with Crippen molar-refractivity contribution in [3.8, 4) is 5.75 Å². The van der Waals surface area contributed by atoms with Crippen LogP contribution in [0.4, 0.5) is 0 Å². The number of hydrogen-bond acceptors (Lipinski definition) is 2. The molecular formula is C17H10Cl2O2. The Balaban J connectivity index is 2.01. The maximum atomic E-state index is 12.3. The highest BCUT2D eigenvalue weighted by Crippen LogP contribution is 2.29. The minimum absolute atomic E-state index is 0.175. The quantitative estimate of drug-likeness (QED) is 0.469. The molecule has 3 aromatic carbocycles. The lowest BCUT2D eigenvalue weighted by molar-refractivity contribution is 0.0737. The predicted molar refractivity (Wildman–Crippen MR) is 85.4 cm³/mol. The van der Waals surface area contributed by atoms with Gasteiger partial charge < -0.3 is 4.74 Å². The van der Waals surface area contributed by atoms with Crippen molar-refractivity contribution in [2.24, 2.45) is 0 Å². The zero-order valence-corrected chi connectivity index (χ0v) is 12.4. The van der Waals surface area contributed by atoms with Gasteiger partial charge >= 0.3 is 5.97 Å². The van der Waals surface area contributed by atoms with E-state index in [9.17, 15) is 4.79 Å². The molecule has 0 fully saturated rings. The molecule has 4 heteroatoms. The lowest BCUT2D eigenvalue weighted by Crippen LogP contribution is -2.10. The third-order valence-electron chi connectivity index (χ3n) is 3.12. The maximum absolute atomic E-state index is 12.3. The third-order valence-corrected chi connectivity index (χ3v) is 3.75. The zero-order chi connectivity index (χ0) is 14.8. The van der Waals surface area contributed by atoms with Crippen LogP contribution < -0.4 is 4.74 Å². The number of carbonyl (C=O) groups is 1. The molecule has 0 atom stereocenters. The van der Waals surface area contributed by atoms with Crippen molar-refractivity contribution in [1.29, 1.82) is 0 Å². The van der Waals surface area contributed by atoms with Crippen LogP contribution >= 0.6 is 23.2 Å². The number of halogens is 2. The molecule has 3 rings (SSSR count). The van der Waals surface area contributed by atoms with Gasteiger partial charge in [0, 0.05) is 5.39 Å². The monoisotopic (exact) mass is 316 g/mol. The van der Waals surface area contributed by atoms with Gasteiger partial charge in [0.1, 0.15) is 5.75 Å². The molecule has 0 aliphatic carbocycles. The molecule has 0 amide bonds. The van der Waals surface area contributed by atoms with Gasteiger partial charge in [0.2, 0.25) is 0 Å². The summed E-state index contributed by atoms with van der Waals surface area (Å²) < 4.78 is 5.47. The molecule has 0 N–H and O–H groups in total. The van der Waals surface area contributed by atoms with E-state index < -0.39 is 5.97 Å². The zero-order valence-electron chi connectivity index (χ0n) is 10.8. The highest BCUT2D eigenvalue weighted by atomic mass is 35.5. The van der Waals surface area contributed by atoms with Gasteiger partial charge in [-0.25, -0.2) is 4.79 Å². The van der Waals surface area contributed by atoms with Crippen LogP contribution in [0.25, 0.3) is 10.8 Å². The second-order valence-corrected chi connectivity index (χ2v) is 5.28. The van der Waals surface area contributed by atoms with E-state index in [1.165, 1.54) is 0 Å². The van der Waals surface area contributed by atoms with E-state index in [0.717, 1.165) is 10.8 Å². The Kier molecular flexibility index (Phi) is 3.82. The molecule has 104 valence electrons. The average Bonchev–Trinajstić information content (AvgIpc) is 2.47. The van der Waals surface area contributed by atoms with Crippen LogP contribution in [-0.2, 0) is 0 Å². The van der Waals surface area contributed by atoms with Gasteiger partial charge in [-0.15, -0.1) is 0 Å². The summed E-state index contributed by atoms with van der Waals surface area (Å²) in [6.45, 7) is 0. The molecule has 3 aromatic rings. The predicted octanol–water partition coefficient (Wildman–Crippen LogP) is 5.37. The van der Waals surface area contributed by atoms with Crippen LogP contribution in [0.2, 0.25) is 10.0 Å². The number of benzene rings is 3. The smallest absolute Gasteiger partial charge is 0.346 e. The van der Waals surface area contributed by atoms with E-state index in [-0.39, 0.29) is 15.6 Å². The van der Waals surface area contributed by atoms with Gasteiger partial charge in [-0.2, -0.15) is 0 Å². The fraction of sp³-hybridized carbons (Fsp3) is 0. The van der Waals surface area contributed by atoms with Crippen LogP contribution in [0.1, 0.15) is 10.4 Å². The van der Waals surface area contributed by atoms with Gasteiger partial charge in [-0.3, -0.25) is 0 Å². The first-order chi connectivity index (χ1) is 10.2. The van der Waals surface area contributed by atoms with E-state index in [1.807, 2.05) is 36.4 Å². The topological polar surface area (TPSA) is 26.3 Å². The molecular weight excluding hydrogens is 307 g/mol. The fourth-order valence-corrected chi connectivity index (χ4v) is 2.68. The molecule has 2 nitrogen and oxygen atoms in total. The Hall–Kier alpha value is -2.03. The molecule has 0 aromatic heterocycles. The molecule has 0 heterocycles. The highest BCUT2D eigenvalue weighted by molar-refractivity contribution is 6.39. The van der Waals surface area contributed by atoms with Gasteiger partial charge in [-0.05, 0) is 23.6 Å². The Morgan fingerprint density at radius 1 is 0.810 bits per heavy atom. The van der Waals surface area contributed by atoms with Crippen molar-refractivity contribution in [3.63, 3.8) is 0 Å². The molecule has 0 bridgehead atoms. The summed E-state index contributed by atoms with van der Waals surface area (Å²) in [5.41, 5.74) is 0.175. The maximum Gasteiger partial charge on any atom is 0.346 e. The average molecular weight is 317 g/mol. The van der Waals surface area contributed by atoms with Crippen molar-refractivity contribution in [1.82, 2.24) is 0 Å². The Labute approximate surface area is 131 Å². The van der Waals surface area contributed by atoms with Crippen LogP contribution in [-0.4, -0.2) is 5.97 Å². The molecule has 21 heavy (non-hydrogen) atoms. The van der Waals surface area contributed by atoms with Crippen molar-refractivity contribution >= 4 is 39.9 Å². The lowest BCUT2D eigenvalue weighted by atomic mass is 10.1. The van der Waals surface area contributed by atoms with Gasteiger partial charge in [0.25, 0.3) is 0 Å². The summed E-state index contributed by atoms with van der Waals surface area (Å²) in [6, 6.07) is 18.1. The Bertz CT molecular complexity index is 802. The van der Waals surface area contributed by atoms with E-state index in [2.05, 4.69) is 0 Å². The molecule has 0 unspecified atom stereocenters. The number of hydrogen-bond donors (Lipinski definition) is 0. The summed E-state index contributed by atoms with van der Waals surface area (Å²) >= 11 is 12.0. The first-order valence-electron chi connectivity index (χ1n) is 6.31. The van der Waals surface area contributed by atoms with Crippen molar-refractivity contribution in [2.75, 3.05) is 0 Å². The minimum atomic E-state index is -0.568. The minimum Gasteiger partial charge on any atom is -0.422 e. The standard InChI is InChI=1S/C17H10Cl2O2/c18-13-8-4-9-14(19)16(13)17(20)21-15-10-3-6-11-5-1-2-7-12(11)15/h1-10H. The van der Waals surface area contributed by atoms with Crippen molar-refractivity contribution in [3.05, 3.63) is 76.3 Å². The summed E-state index contributed by atoms with van der Waals surface area (Å²) in [4.78, 5) is 12.3. The van der Waals surface area contributed by atoms with Gasteiger partial charge in [0.15, 0.2) is 0 Å². The fourth-order valence-electron chi connectivity index (χ4n) is 2.13. The van der Waals surface area contributed by atoms with E-state index in [0.29, 0.717) is 5.75 Å². The number of esters is 1. The second kappa shape index (κ2) is 5.76. The SMILES string of the molecule is O=C(Oc1cccc2ccccc12)c1c(Cl)cccc1Cl. The summed E-state index contributed by atoms with van der Waals surface area (Å²) in [6.07, 6.45) is 0. The molecule has 0 radical (unpaired) electrons. The molecule has 0 saturated heterocycles. The van der Waals surface area contributed by atoms with Crippen LogP contribution in [0.15, 0.2) is 60.7 Å². The number of fused-ring (bicyclic) bond motifs is 1. The molecule has 0 saturated carbocycles. The lowest BCUT2D eigenvalue weighted by Gasteiger charge is -2.09. The Morgan fingerprint density at radius 3 is 2.19 bits per heavy atom. The van der Waals surface area contributed by atoms with Gasteiger partial charge in [-0.1, -0.05) is 65.7 Å². The molecule has 0 aliphatic rings. The van der Waals surface area contributed by atoms with Gasteiger partial charge in [0.05, 0.1) is 15.6 Å². The number of carbonyl (C=O) groups excluding carboxylic acids is 1. The number of rotatable bonds is 2. The van der Waals surface area contributed by atoms with E-state index >= 15 is 0 Å². The Morgan fingerprint density at radius 2 is 1.43 bits per heavy atom.